The van der Waals surface area contributed by atoms with E-state index < -0.39 is 96.8 Å². The van der Waals surface area contributed by atoms with E-state index in [9.17, 15) is 46.7 Å². The molecule has 1 fully saturated rings. The number of benzene rings is 4. The Balaban J connectivity index is 1.33. The van der Waals surface area contributed by atoms with Crippen molar-refractivity contribution in [2.75, 3.05) is 45.9 Å². The van der Waals surface area contributed by atoms with Crippen LogP contribution in [0.5, 0.6) is 5.75 Å². The van der Waals surface area contributed by atoms with Gasteiger partial charge in [-0.2, -0.15) is 13.2 Å². The second-order valence-electron chi connectivity index (χ2n) is 15.3. The summed E-state index contributed by atoms with van der Waals surface area (Å²) in [6.07, 6.45) is -5.93. The lowest BCUT2D eigenvalue weighted by atomic mass is 10.0. The van der Waals surface area contributed by atoms with Gasteiger partial charge in [-0.05, 0) is 78.2 Å². The first kappa shape index (κ1) is 45.5. The van der Waals surface area contributed by atoms with Gasteiger partial charge in [0.2, 0.25) is 17.7 Å². The number of methoxy groups -OCH3 is 2. The maximum Gasteiger partial charge on any atom is 0.416 e. The Morgan fingerprint density at radius 3 is 2.19 bits per heavy atom. The molecule has 3 atom stereocenters. The zero-order valence-electron chi connectivity index (χ0n) is 34.7. The molecule has 2 N–H and O–H groups in total. The van der Waals surface area contributed by atoms with Crippen molar-refractivity contribution in [2.45, 2.75) is 62.4 Å². The minimum atomic E-state index is -4.67. The topological polar surface area (TPSA) is 181 Å². The molecule has 0 aliphatic carbocycles. The van der Waals surface area contributed by atoms with E-state index in [1.54, 1.807) is 18.2 Å². The third kappa shape index (κ3) is 11.3. The third-order valence-corrected chi connectivity index (χ3v) is 11.1. The Bertz CT molecular complexity index is 2360. The van der Waals surface area contributed by atoms with Crippen molar-refractivity contribution in [1.29, 1.82) is 0 Å². The molecule has 4 aromatic carbocycles. The van der Waals surface area contributed by atoms with Crippen molar-refractivity contribution < 1.29 is 60.9 Å². The van der Waals surface area contributed by atoms with Crippen LogP contribution < -0.4 is 20.3 Å². The van der Waals surface area contributed by atoms with Crippen LogP contribution in [-0.4, -0.2) is 116 Å². The molecule has 4 aromatic rings. The summed E-state index contributed by atoms with van der Waals surface area (Å²) in [5.41, 5.74) is -0.695. The second-order valence-corrected chi connectivity index (χ2v) is 15.3. The zero-order chi connectivity index (χ0) is 45.4. The van der Waals surface area contributed by atoms with Crippen LogP contribution in [0.3, 0.4) is 0 Å². The van der Waals surface area contributed by atoms with Gasteiger partial charge in [0.05, 0.1) is 38.7 Å². The highest BCUT2D eigenvalue weighted by molar-refractivity contribution is 6.02. The van der Waals surface area contributed by atoms with Gasteiger partial charge in [0, 0.05) is 48.9 Å². The Morgan fingerprint density at radius 2 is 1.52 bits per heavy atom. The number of hydrogen-bond donors (Lipinski definition) is 2. The van der Waals surface area contributed by atoms with E-state index >= 15 is 0 Å². The Kier molecular flexibility index (Phi) is 14.3. The molecule has 0 unspecified atom stereocenters. The summed E-state index contributed by atoms with van der Waals surface area (Å²) >= 11 is 0. The molecule has 3 aliphatic rings. The standard InChI is InChI=1S/C45H46F3N5O10/c1-51-37(43(59)49-32(22-40(56)61-2)23-41(57)62-3)17-18-38(54)53(34-14-11-27-7-4-5-8-29(27)20-34)25-39(55)52-24-33(50-42(58)30-9-6-10-31(19-30)45(46,47)48)21-35(52)26-63-36-15-12-28(13-16-36)44(51)60/h4-16,19-20,32-33,35,37H,17-18,21-26H2,1-3H3,(H,49,59)(H,50,58)/t33-,35+,37+/m1/s1. The van der Waals surface area contributed by atoms with E-state index in [0.29, 0.717) is 11.4 Å². The number of rotatable bonds is 9. The molecular formula is C45H46F3N5O10. The van der Waals surface area contributed by atoms with Gasteiger partial charge in [0.25, 0.3) is 11.8 Å². The number of carbonyl (C=O) groups excluding carboxylic acids is 7. The van der Waals surface area contributed by atoms with Crippen LogP contribution in [0.15, 0.2) is 91.0 Å². The average molecular weight is 874 g/mol. The minimum absolute atomic E-state index is 0.0594. The fourth-order valence-corrected chi connectivity index (χ4v) is 7.65. The SMILES string of the molecule is COC(=O)CC(CC(=O)OC)NC(=O)[C@@H]1CCC(=O)N(c2ccc3ccccc3c2)CC(=O)N2C[C@H](NC(=O)c3cccc(C(F)(F)F)c3)C[C@H]2COc2ccc(cc2)C(=O)N1C. The van der Waals surface area contributed by atoms with E-state index in [0.717, 1.165) is 48.1 Å². The number of alkyl halides is 3. The van der Waals surface area contributed by atoms with Crippen LogP contribution in [0.2, 0.25) is 0 Å². The first-order chi connectivity index (χ1) is 30.0. The van der Waals surface area contributed by atoms with Gasteiger partial charge in [-0.25, -0.2) is 0 Å². The molecule has 0 radical (unpaired) electrons. The molecule has 18 heteroatoms. The summed E-state index contributed by atoms with van der Waals surface area (Å²) in [6, 6.07) is 18.8. The van der Waals surface area contributed by atoms with Crippen molar-refractivity contribution in [3.63, 3.8) is 0 Å². The van der Waals surface area contributed by atoms with Crippen LogP contribution in [0, 0.1) is 0 Å². The number of ether oxygens (including phenoxy) is 3. The van der Waals surface area contributed by atoms with Gasteiger partial charge in [-0.3, -0.25) is 33.6 Å². The highest BCUT2D eigenvalue weighted by Gasteiger charge is 2.39. The molecule has 5 amide bonds. The van der Waals surface area contributed by atoms with Gasteiger partial charge in [-0.1, -0.05) is 36.4 Å². The molecule has 2 bridgehead atoms. The number of likely N-dealkylation sites (N-methyl/N-ethyl adjacent to an activating group) is 1. The Morgan fingerprint density at radius 1 is 0.841 bits per heavy atom. The van der Waals surface area contributed by atoms with E-state index in [-0.39, 0.29) is 43.5 Å². The van der Waals surface area contributed by atoms with Crippen molar-refractivity contribution in [2.24, 2.45) is 0 Å². The number of esters is 2. The Hall–Kier alpha value is -6.98. The molecule has 1 saturated heterocycles. The van der Waals surface area contributed by atoms with Crippen molar-refractivity contribution >= 4 is 57.9 Å². The maximum absolute atomic E-state index is 14.5. The van der Waals surface area contributed by atoms with Crippen molar-refractivity contribution in [1.82, 2.24) is 20.4 Å². The predicted molar refractivity (Wildman–Crippen MR) is 221 cm³/mol. The largest absolute Gasteiger partial charge is 0.491 e. The van der Waals surface area contributed by atoms with Gasteiger partial charge >= 0.3 is 18.1 Å². The molecule has 15 nitrogen and oxygen atoms in total. The summed E-state index contributed by atoms with van der Waals surface area (Å²) in [4.78, 5) is 98.6. The summed E-state index contributed by atoms with van der Waals surface area (Å²) in [5, 5.41) is 7.03. The molecular weight excluding hydrogens is 828 g/mol. The number of amides is 5. The predicted octanol–water partition coefficient (Wildman–Crippen LogP) is 4.52. The number of fused-ring (bicyclic) bond motifs is 12. The molecule has 3 aliphatic heterocycles. The minimum Gasteiger partial charge on any atom is -0.491 e. The van der Waals surface area contributed by atoms with E-state index in [2.05, 4.69) is 10.6 Å². The van der Waals surface area contributed by atoms with E-state index in [4.69, 9.17) is 14.2 Å². The number of halogens is 3. The zero-order valence-corrected chi connectivity index (χ0v) is 34.7. The third-order valence-electron chi connectivity index (χ3n) is 11.1. The lowest BCUT2D eigenvalue weighted by Gasteiger charge is -2.31. The van der Waals surface area contributed by atoms with Gasteiger partial charge < -0.3 is 39.5 Å². The first-order valence-corrected chi connectivity index (χ1v) is 20.0. The highest BCUT2D eigenvalue weighted by atomic mass is 19.4. The average Bonchev–Trinajstić information content (AvgIpc) is 3.68. The van der Waals surface area contributed by atoms with Gasteiger partial charge in [0.1, 0.15) is 24.9 Å². The van der Waals surface area contributed by atoms with Crippen LogP contribution in [0.25, 0.3) is 10.8 Å². The van der Waals surface area contributed by atoms with Crippen molar-refractivity contribution in [3.05, 3.63) is 108 Å². The van der Waals surface area contributed by atoms with Gasteiger partial charge in [0.15, 0.2) is 0 Å². The number of hydrogen-bond acceptors (Lipinski definition) is 10. The quantitative estimate of drug-likeness (QED) is 0.227. The molecule has 7 rings (SSSR count). The Labute approximate surface area is 360 Å². The molecule has 0 aromatic heterocycles. The van der Waals surface area contributed by atoms with Crippen molar-refractivity contribution in [3.8, 4) is 5.75 Å². The maximum atomic E-state index is 14.5. The van der Waals surface area contributed by atoms with E-state index in [1.807, 2.05) is 24.3 Å². The summed E-state index contributed by atoms with van der Waals surface area (Å²) < 4.78 is 56.0. The fourth-order valence-electron chi connectivity index (χ4n) is 7.65. The lowest BCUT2D eigenvalue weighted by molar-refractivity contribution is -0.144. The summed E-state index contributed by atoms with van der Waals surface area (Å²) in [7, 11) is 3.68. The van der Waals surface area contributed by atoms with E-state index in [1.165, 1.54) is 47.2 Å². The monoisotopic (exact) mass is 873 g/mol. The molecule has 0 saturated carbocycles. The summed E-state index contributed by atoms with van der Waals surface area (Å²) in [5.74, 6) is -4.39. The molecule has 3 heterocycles. The highest BCUT2D eigenvalue weighted by Crippen LogP contribution is 2.30. The number of nitrogens with one attached hydrogen (secondary N) is 2. The normalized spacial score (nSPS) is 18.7. The molecule has 0 spiro atoms. The van der Waals surface area contributed by atoms with Crippen LogP contribution in [0.1, 0.15) is 58.4 Å². The van der Waals surface area contributed by atoms with Crippen LogP contribution >= 0.6 is 0 Å². The lowest BCUT2D eigenvalue weighted by Crippen LogP contribution is -2.52. The fraction of sp³-hybridized carbons (Fsp3) is 0.356. The van der Waals surface area contributed by atoms with Gasteiger partial charge in [-0.15, -0.1) is 0 Å². The second kappa shape index (κ2) is 19.8. The van der Waals surface area contributed by atoms with Crippen LogP contribution in [-0.2, 0) is 39.6 Å². The number of carbonyl (C=O) groups is 7. The number of anilines is 1. The first-order valence-electron chi connectivity index (χ1n) is 20.0. The van der Waals surface area contributed by atoms with Crippen LogP contribution in [0.4, 0.5) is 18.9 Å². The smallest absolute Gasteiger partial charge is 0.416 e. The number of nitrogens with zero attached hydrogens (tertiary/aromatic N) is 3. The molecule has 63 heavy (non-hydrogen) atoms. The summed E-state index contributed by atoms with van der Waals surface area (Å²) in [6.45, 7) is -0.641. The molecule has 332 valence electrons.